The fourth-order valence-electron chi connectivity index (χ4n) is 15.0. The smallest absolute Gasteiger partial charge is 0.329 e. The summed E-state index contributed by atoms with van der Waals surface area (Å²) in [6.07, 6.45) is -42.0. The Kier molecular flexibility index (Phi) is 35.9. The van der Waals surface area contributed by atoms with Crippen LogP contribution in [0.4, 0.5) is 0 Å². The zero-order valence-electron chi connectivity index (χ0n) is 62.6. The SMILES string of the molecule is COC[C@H]1O[C@@H]2O[C@H]3[C@H](OC)[C@@H](OC)[C@@H](O[C@H]4[C@H](OC)[C@@H](OC)[C@@H](O[C@H]5[C@H](OC)[C@@H](OCC(=O)O)[C@@H](O[C@H]6[C@H](OCC(=O)O)[C@@H](OC)[C@@H](O[C@H]7[C@H](OC)[C@@H](OC)[C@@H](O[C@H]8[C@H](OC)[C@@H](OC)[C@@H](O[C@H]1[C@H](OC)[C@H]2OC)O[C@@H]8COC)O[C@@H]7COC)O[C@@H]6COC)O[C@@H]5COC)O[C@@H]4COC)O[C@@H]3COC. The van der Waals surface area contributed by atoms with Crippen LogP contribution in [0.1, 0.15) is 0 Å². The Bertz CT molecular complexity index is 2450. The number of hydrogen-bond acceptors (Lipinski definition) is 37. The third-order valence-electron chi connectivity index (χ3n) is 19.6. The largest absolute Gasteiger partial charge is 0.480 e. The van der Waals surface area contributed by atoms with Crippen molar-refractivity contribution in [2.75, 3.05) is 195 Å². The van der Waals surface area contributed by atoms with Crippen LogP contribution in [0.25, 0.3) is 0 Å². The lowest BCUT2D eigenvalue weighted by Gasteiger charge is -2.52. The molecule has 2 N–H and O–H groups in total. The highest BCUT2D eigenvalue weighted by Gasteiger charge is 2.62. The van der Waals surface area contributed by atoms with Gasteiger partial charge in [-0.3, -0.25) is 0 Å². The van der Waals surface area contributed by atoms with Crippen molar-refractivity contribution in [2.24, 2.45) is 0 Å². The molecule has 21 heterocycles. The second kappa shape index (κ2) is 42.8. The molecule has 14 bridgehead atoms. The normalized spacial score (nSPS) is 44.0. The van der Waals surface area contributed by atoms with E-state index >= 15 is 0 Å². The second-order valence-corrected chi connectivity index (χ2v) is 25.4. The van der Waals surface area contributed by atoms with Crippen LogP contribution in [0.3, 0.4) is 0 Å². The van der Waals surface area contributed by atoms with Gasteiger partial charge in [0.15, 0.2) is 44.0 Å². The van der Waals surface area contributed by atoms with Gasteiger partial charge in [-0.2, -0.15) is 0 Å². The van der Waals surface area contributed by atoms with Crippen molar-refractivity contribution >= 4 is 11.9 Å². The minimum absolute atomic E-state index is 0.0796. The van der Waals surface area contributed by atoms with Gasteiger partial charge in [0.25, 0.3) is 0 Å². The minimum Gasteiger partial charge on any atom is -0.480 e. The van der Waals surface area contributed by atoms with E-state index in [1.165, 1.54) is 135 Å². The molecule has 21 aliphatic rings. The lowest BCUT2D eigenvalue weighted by Crippen LogP contribution is -2.69. The summed E-state index contributed by atoms with van der Waals surface area (Å²) >= 11 is 0. The van der Waals surface area contributed by atoms with Crippen LogP contribution in [-0.2, 0) is 175 Å². The molecule has 21 aliphatic heterocycles. The number of carboxylic acid groups (broad SMARTS) is 2. The fourth-order valence-corrected chi connectivity index (χ4v) is 15.0. The molecular formula is C65H112O39. The van der Waals surface area contributed by atoms with E-state index < -0.39 is 240 Å². The fraction of sp³-hybridized carbons (Fsp3) is 0.969. The maximum atomic E-state index is 12.6. The summed E-state index contributed by atoms with van der Waals surface area (Å²) in [4.78, 5) is 25.2. The van der Waals surface area contributed by atoms with Gasteiger partial charge < -0.3 is 176 Å². The highest BCUT2D eigenvalue weighted by molar-refractivity contribution is 5.68. The summed E-state index contributed by atoms with van der Waals surface area (Å²) in [5.41, 5.74) is 0. The first-order valence-electron chi connectivity index (χ1n) is 34.0. The first-order chi connectivity index (χ1) is 50.4. The number of ether oxygens (including phenoxy) is 35. The average Bonchev–Trinajstić information content (AvgIpc) is 0.767. The molecule has 21 saturated heterocycles. The first kappa shape index (κ1) is 87.1. The summed E-state index contributed by atoms with van der Waals surface area (Å²) in [7, 11) is 27.3. The zero-order valence-corrected chi connectivity index (χ0v) is 62.6. The predicted octanol–water partition coefficient (Wildman–Crippen LogP) is -2.58. The van der Waals surface area contributed by atoms with Crippen molar-refractivity contribution in [3.05, 3.63) is 0 Å². The third kappa shape index (κ3) is 19.9. The van der Waals surface area contributed by atoms with E-state index in [-0.39, 0.29) is 46.2 Å². The monoisotopic (exact) mass is 1520 g/mol. The lowest BCUT2D eigenvalue weighted by molar-refractivity contribution is -0.403. The number of rotatable bonds is 32. The maximum Gasteiger partial charge on any atom is 0.329 e. The van der Waals surface area contributed by atoms with Crippen LogP contribution >= 0.6 is 0 Å². The molecule has 0 unspecified atom stereocenters. The van der Waals surface area contributed by atoms with Crippen molar-refractivity contribution in [3.63, 3.8) is 0 Å². The molecule has 0 spiro atoms. The van der Waals surface area contributed by atoms with Gasteiger partial charge in [0.2, 0.25) is 0 Å². The number of methoxy groups -OCH3 is 19. The van der Waals surface area contributed by atoms with E-state index in [9.17, 15) is 19.8 Å². The van der Waals surface area contributed by atoms with Crippen LogP contribution < -0.4 is 0 Å². The molecule has 0 aliphatic carbocycles. The first-order valence-corrected chi connectivity index (χ1v) is 34.0. The van der Waals surface area contributed by atoms with E-state index in [1.807, 2.05) is 0 Å². The number of aliphatic carboxylic acids is 2. The summed E-state index contributed by atoms with van der Waals surface area (Å²) < 4.78 is 225. The van der Waals surface area contributed by atoms with Crippen molar-refractivity contribution < 1.29 is 186 Å². The van der Waals surface area contributed by atoms with Gasteiger partial charge in [-0.1, -0.05) is 0 Å². The van der Waals surface area contributed by atoms with Crippen LogP contribution in [0, 0.1) is 0 Å². The maximum absolute atomic E-state index is 12.6. The molecule has 0 saturated carbocycles. The van der Waals surface area contributed by atoms with Gasteiger partial charge in [0.05, 0.1) is 46.2 Å². The lowest BCUT2D eigenvalue weighted by atomic mass is 9.94. The summed E-state index contributed by atoms with van der Waals surface area (Å²) in [6, 6.07) is 0. The molecule has 21 fully saturated rings. The quantitative estimate of drug-likeness (QED) is 0.0698. The molecule has 39 nitrogen and oxygen atoms in total. The number of hydrogen-bond donors (Lipinski definition) is 2. The Labute approximate surface area is 605 Å². The Morgan fingerprint density at radius 2 is 0.356 bits per heavy atom. The number of carboxylic acids is 2. The molecule has 0 aromatic heterocycles. The zero-order chi connectivity index (χ0) is 75.5. The van der Waals surface area contributed by atoms with Crippen LogP contribution in [0.15, 0.2) is 0 Å². The van der Waals surface area contributed by atoms with E-state index in [0.29, 0.717) is 0 Å². The van der Waals surface area contributed by atoms with E-state index in [0.717, 1.165) is 0 Å². The molecule has 39 heteroatoms. The molecule has 21 rings (SSSR count). The molecule has 35 atom stereocenters. The van der Waals surface area contributed by atoms with Gasteiger partial charge in [0.1, 0.15) is 184 Å². The third-order valence-corrected chi connectivity index (χ3v) is 19.6. The van der Waals surface area contributed by atoms with E-state index in [2.05, 4.69) is 0 Å². The van der Waals surface area contributed by atoms with E-state index in [1.54, 1.807) is 0 Å². The van der Waals surface area contributed by atoms with Crippen molar-refractivity contribution in [1.82, 2.24) is 0 Å². The highest BCUT2D eigenvalue weighted by atomic mass is 16.8. The van der Waals surface area contributed by atoms with Crippen LogP contribution in [-0.4, -0.2) is 432 Å². The average molecular weight is 1520 g/mol. The number of carbonyl (C=O) groups is 2. The van der Waals surface area contributed by atoms with Gasteiger partial charge in [0, 0.05) is 135 Å². The minimum atomic E-state index is -1.64. The molecule has 0 radical (unpaired) electrons. The van der Waals surface area contributed by atoms with Gasteiger partial charge in [-0.15, -0.1) is 0 Å². The van der Waals surface area contributed by atoms with Crippen molar-refractivity contribution in [2.45, 2.75) is 215 Å². The van der Waals surface area contributed by atoms with E-state index in [4.69, 9.17) is 166 Å². The molecule has 0 aromatic rings. The van der Waals surface area contributed by atoms with Crippen molar-refractivity contribution in [1.29, 1.82) is 0 Å². The topological polar surface area (TPSA) is 398 Å². The van der Waals surface area contributed by atoms with Gasteiger partial charge in [-0.25, -0.2) is 9.59 Å². The molecular weight excluding hydrogens is 1400 g/mol. The molecule has 104 heavy (non-hydrogen) atoms. The van der Waals surface area contributed by atoms with Crippen molar-refractivity contribution in [3.8, 4) is 0 Å². The summed E-state index contributed by atoms with van der Waals surface area (Å²) in [5.74, 6) is -2.76. The predicted molar refractivity (Wildman–Crippen MR) is 342 cm³/mol. The standard InChI is InChI=1S/C65H112O39/c1-70-20-29-38-45(77-8)52(83-14)59(91-29)99-39-30(21-71-2)93-61(54(85-16)46(39)78-9)101-41-32(23-73-4)95-63(56(87-18)48(41)80-11)103-43-34(25-75-6)97-65(58(50(43)82-13)90-28-37(68)69)104-44-35(26-76-7)96-64(57(88-19)51(44)89-27-36(66)67)102-42-33(24-74-5)94-62(55(86-17)49(42)81-12)100-40-31(22-72-3)92-60(98-38)53(84-15)47(40)79-10/h29-35,38-65H,20-28H2,1-19H3,(H,66,67)(H,68,69)/t29-,30-,31-,32-,33-,34-,35-,38-,39-,40-,41-,42-,43-,44-,45+,46+,47+,48+,49+,50+,51+,52-,53-,54-,55-,56-,57-,58-,59-,60-,61-,62-,63-,64-,65-/m1/s1. The summed E-state index contributed by atoms with van der Waals surface area (Å²) in [5, 5.41) is 20.5. The van der Waals surface area contributed by atoms with Gasteiger partial charge in [-0.05, 0) is 0 Å². The molecule has 0 amide bonds. The Balaban J connectivity index is 1.27. The van der Waals surface area contributed by atoms with Crippen LogP contribution in [0.2, 0.25) is 0 Å². The Morgan fingerprint density at radius 3 is 0.519 bits per heavy atom. The second-order valence-electron chi connectivity index (χ2n) is 25.4. The highest BCUT2D eigenvalue weighted by Crippen LogP contribution is 2.43. The molecule has 0 aromatic carbocycles. The summed E-state index contributed by atoms with van der Waals surface area (Å²) in [6.45, 7) is -2.91. The Morgan fingerprint density at radius 1 is 0.212 bits per heavy atom. The Hall–Kier alpha value is -2.46. The van der Waals surface area contributed by atoms with Gasteiger partial charge >= 0.3 is 11.9 Å². The van der Waals surface area contributed by atoms with Crippen LogP contribution in [0.5, 0.6) is 0 Å². The molecule has 606 valence electrons.